The van der Waals surface area contributed by atoms with E-state index < -0.39 is 11.9 Å². The van der Waals surface area contributed by atoms with E-state index in [2.05, 4.69) is 10.2 Å². The van der Waals surface area contributed by atoms with Crippen molar-refractivity contribution in [3.05, 3.63) is 29.8 Å². The van der Waals surface area contributed by atoms with E-state index in [9.17, 15) is 14.4 Å². The second-order valence-electron chi connectivity index (χ2n) is 5.67. The number of carbonyl (C=O) groups excluding carboxylic acids is 3. The number of rotatable bonds is 5. The minimum Gasteiger partial charge on any atom is -0.466 e. The van der Waals surface area contributed by atoms with Crippen LogP contribution in [0, 0.1) is 0 Å². The van der Waals surface area contributed by atoms with E-state index >= 15 is 0 Å². The Labute approximate surface area is 141 Å². The van der Waals surface area contributed by atoms with Gasteiger partial charge in [-0.1, -0.05) is 12.1 Å². The van der Waals surface area contributed by atoms with Crippen LogP contribution in [-0.4, -0.2) is 67.4 Å². The monoisotopic (exact) mass is 333 g/mol. The van der Waals surface area contributed by atoms with Gasteiger partial charge in [0.1, 0.15) is 6.42 Å². The first kappa shape index (κ1) is 17.9. The molecule has 0 atom stereocenters. The fourth-order valence-corrected chi connectivity index (χ4v) is 2.50. The fraction of sp³-hybridized carbons (Fsp3) is 0.471. The summed E-state index contributed by atoms with van der Waals surface area (Å²) in [6, 6.07) is 6.83. The van der Waals surface area contributed by atoms with Crippen molar-refractivity contribution in [2.45, 2.75) is 13.3 Å². The third-order valence-electron chi connectivity index (χ3n) is 3.83. The molecule has 0 unspecified atom stereocenters. The molecule has 1 aromatic carbocycles. The highest BCUT2D eigenvalue weighted by atomic mass is 16.5. The first-order valence-corrected chi connectivity index (χ1v) is 8.03. The topological polar surface area (TPSA) is 78.9 Å². The van der Waals surface area contributed by atoms with Crippen LogP contribution in [0.2, 0.25) is 0 Å². The number of esters is 1. The van der Waals surface area contributed by atoms with Gasteiger partial charge in [-0.3, -0.25) is 14.4 Å². The van der Waals surface area contributed by atoms with Crippen molar-refractivity contribution in [1.82, 2.24) is 9.80 Å². The summed E-state index contributed by atoms with van der Waals surface area (Å²) in [6.07, 6.45) is -0.370. The van der Waals surface area contributed by atoms with Crippen LogP contribution in [0.3, 0.4) is 0 Å². The second kappa shape index (κ2) is 8.44. The van der Waals surface area contributed by atoms with E-state index in [4.69, 9.17) is 4.74 Å². The lowest BCUT2D eigenvalue weighted by molar-refractivity contribution is -0.145. The molecule has 130 valence electrons. The number of anilines is 1. The molecule has 2 amide bonds. The molecule has 1 fully saturated rings. The van der Waals surface area contributed by atoms with Crippen LogP contribution in [0.25, 0.3) is 0 Å². The summed E-state index contributed by atoms with van der Waals surface area (Å²) in [5.74, 6) is -1.19. The number of para-hydroxylation sites is 1. The lowest BCUT2D eigenvalue weighted by Crippen LogP contribution is -2.47. The quantitative estimate of drug-likeness (QED) is 0.641. The Hall–Kier alpha value is -2.41. The van der Waals surface area contributed by atoms with E-state index in [0.29, 0.717) is 24.3 Å². The zero-order valence-corrected chi connectivity index (χ0v) is 14.1. The third kappa shape index (κ3) is 4.79. The Balaban J connectivity index is 2.05. The van der Waals surface area contributed by atoms with E-state index in [0.717, 1.165) is 13.1 Å². The summed E-state index contributed by atoms with van der Waals surface area (Å²) in [7, 11) is 2.02. The summed E-state index contributed by atoms with van der Waals surface area (Å²) < 4.78 is 4.75. The minimum atomic E-state index is -0.585. The summed E-state index contributed by atoms with van der Waals surface area (Å²) in [6.45, 7) is 4.86. The molecule has 24 heavy (non-hydrogen) atoms. The SMILES string of the molecule is CCOC(=O)CC(=O)Nc1ccccc1C(=O)N1CCN(C)CC1. The zero-order valence-electron chi connectivity index (χ0n) is 14.1. The average Bonchev–Trinajstić information content (AvgIpc) is 2.55. The third-order valence-corrected chi connectivity index (χ3v) is 3.83. The van der Waals surface area contributed by atoms with Gasteiger partial charge < -0.3 is 19.9 Å². The van der Waals surface area contributed by atoms with Crippen LogP contribution < -0.4 is 5.32 Å². The maximum Gasteiger partial charge on any atom is 0.315 e. The molecule has 0 bridgehead atoms. The Kier molecular flexibility index (Phi) is 6.31. The van der Waals surface area contributed by atoms with Crippen molar-refractivity contribution < 1.29 is 19.1 Å². The Morgan fingerprint density at radius 3 is 2.46 bits per heavy atom. The van der Waals surface area contributed by atoms with Crippen LogP contribution in [0.5, 0.6) is 0 Å². The predicted octanol–water partition coefficient (Wildman–Crippen LogP) is 0.966. The van der Waals surface area contributed by atoms with Crippen molar-refractivity contribution >= 4 is 23.5 Å². The number of nitrogens with zero attached hydrogens (tertiary/aromatic N) is 2. The molecule has 0 saturated carbocycles. The summed E-state index contributed by atoms with van der Waals surface area (Å²) in [5, 5.41) is 2.63. The van der Waals surface area contributed by atoms with Gasteiger partial charge in [0.2, 0.25) is 5.91 Å². The molecule has 0 aromatic heterocycles. The Morgan fingerprint density at radius 2 is 1.79 bits per heavy atom. The number of benzene rings is 1. The lowest BCUT2D eigenvalue weighted by Gasteiger charge is -2.32. The Bertz CT molecular complexity index is 610. The molecule has 1 saturated heterocycles. The van der Waals surface area contributed by atoms with Gasteiger partial charge in [-0.05, 0) is 26.1 Å². The number of hydrogen-bond acceptors (Lipinski definition) is 5. The highest BCUT2D eigenvalue weighted by molar-refractivity contribution is 6.07. The molecule has 1 heterocycles. The van der Waals surface area contributed by atoms with Gasteiger partial charge in [-0.15, -0.1) is 0 Å². The van der Waals surface area contributed by atoms with E-state index in [-0.39, 0.29) is 18.9 Å². The smallest absolute Gasteiger partial charge is 0.315 e. The molecular formula is C17H23N3O4. The van der Waals surface area contributed by atoms with Crippen LogP contribution >= 0.6 is 0 Å². The summed E-state index contributed by atoms with van der Waals surface area (Å²) >= 11 is 0. The van der Waals surface area contributed by atoms with Crippen molar-refractivity contribution in [3.8, 4) is 0 Å². The molecule has 7 nitrogen and oxygen atoms in total. The lowest BCUT2D eigenvalue weighted by atomic mass is 10.1. The fourth-order valence-electron chi connectivity index (χ4n) is 2.50. The molecule has 2 rings (SSSR count). The minimum absolute atomic E-state index is 0.116. The van der Waals surface area contributed by atoms with Gasteiger partial charge in [0.25, 0.3) is 5.91 Å². The van der Waals surface area contributed by atoms with Crippen LogP contribution in [-0.2, 0) is 14.3 Å². The summed E-state index contributed by atoms with van der Waals surface area (Å²) in [5.41, 5.74) is 0.843. The molecule has 1 aliphatic heterocycles. The van der Waals surface area contributed by atoms with E-state index in [1.165, 1.54) is 0 Å². The molecular weight excluding hydrogens is 310 g/mol. The van der Waals surface area contributed by atoms with Gasteiger partial charge in [-0.25, -0.2) is 0 Å². The summed E-state index contributed by atoms with van der Waals surface area (Å²) in [4.78, 5) is 40.0. The van der Waals surface area contributed by atoms with Crippen molar-refractivity contribution in [3.63, 3.8) is 0 Å². The average molecular weight is 333 g/mol. The maximum atomic E-state index is 12.7. The van der Waals surface area contributed by atoms with E-state index in [1.807, 2.05) is 7.05 Å². The first-order chi connectivity index (χ1) is 11.5. The van der Waals surface area contributed by atoms with Crippen molar-refractivity contribution in [2.75, 3.05) is 45.2 Å². The number of piperazine rings is 1. The highest BCUT2D eigenvalue weighted by Gasteiger charge is 2.23. The number of ether oxygens (including phenoxy) is 1. The number of carbonyl (C=O) groups is 3. The normalized spacial score (nSPS) is 15.0. The number of hydrogen-bond donors (Lipinski definition) is 1. The molecule has 0 aliphatic carbocycles. The Morgan fingerprint density at radius 1 is 1.12 bits per heavy atom. The second-order valence-corrected chi connectivity index (χ2v) is 5.67. The molecule has 1 N–H and O–H groups in total. The number of likely N-dealkylation sites (N-methyl/N-ethyl adjacent to an activating group) is 1. The standard InChI is InChI=1S/C17H23N3O4/c1-3-24-16(22)12-15(21)18-14-7-5-4-6-13(14)17(23)20-10-8-19(2)9-11-20/h4-7H,3,8-12H2,1-2H3,(H,18,21). The van der Waals surface area contributed by atoms with Crippen LogP contribution in [0.1, 0.15) is 23.7 Å². The first-order valence-electron chi connectivity index (χ1n) is 8.03. The highest BCUT2D eigenvalue weighted by Crippen LogP contribution is 2.18. The van der Waals surface area contributed by atoms with Crippen LogP contribution in [0.15, 0.2) is 24.3 Å². The number of nitrogens with one attached hydrogen (secondary N) is 1. The molecule has 1 aliphatic rings. The van der Waals surface area contributed by atoms with E-state index in [1.54, 1.807) is 36.1 Å². The molecule has 7 heteroatoms. The molecule has 0 radical (unpaired) electrons. The zero-order chi connectivity index (χ0) is 17.5. The van der Waals surface area contributed by atoms with Crippen molar-refractivity contribution in [1.29, 1.82) is 0 Å². The van der Waals surface area contributed by atoms with Gasteiger partial charge in [-0.2, -0.15) is 0 Å². The maximum absolute atomic E-state index is 12.7. The van der Waals surface area contributed by atoms with Crippen molar-refractivity contribution in [2.24, 2.45) is 0 Å². The molecule has 1 aromatic rings. The predicted molar refractivity (Wildman–Crippen MR) is 89.7 cm³/mol. The van der Waals surface area contributed by atoms with Gasteiger partial charge in [0, 0.05) is 26.2 Å². The van der Waals surface area contributed by atoms with Gasteiger partial charge in [0.05, 0.1) is 17.9 Å². The van der Waals surface area contributed by atoms with Gasteiger partial charge >= 0.3 is 5.97 Å². The number of amides is 2. The van der Waals surface area contributed by atoms with Crippen LogP contribution in [0.4, 0.5) is 5.69 Å². The van der Waals surface area contributed by atoms with Gasteiger partial charge in [0.15, 0.2) is 0 Å². The molecule has 0 spiro atoms. The largest absolute Gasteiger partial charge is 0.466 e.